The average molecular weight is 327 g/mol. The van der Waals surface area contributed by atoms with E-state index < -0.39 is 0 Å². The zero-order chi connectivity index (χ0) is 13.8. The van der Waals surface area contributed by atoms with Gasteiger partial charge in [-0.25, -0.2) is 5.43 Å². The Kier molecular flexibility index (Phi) is 4.74. The average Bonchev–Trinajstić information content (AvgIpc) is 2.64. The Labute approximate surface area is 121 Å². The van der Waals surface area contributed by atoms with Gasteiger partial charge >= 0.3 is 0 Å². The third kappa shape index (κ3) is 3.43. The first kappa shape index (κ1) is 14.2. The van der Waals surface area contributed by atoms with Gasteiger partial charge in [-0.3, -0.25) is 9.48 Å². The molecule has 1 aromatic rings. The molecule has 19 heavy (non-hydrogen) atoms. The molecule has 1 aliphatic rings. The van der Waals surface area contributed by atoms with E-state index in [-0.39, 0.29) is 5.91 Å². The van der Waals surface area contributed by atoms with Crippen molar-refractivity contribution in [1.29, 1.82) is 0 Å². The molecular weight excluding hydrogens is 308 g/mol. The molecule has 0 spiro atoms. The number of halogens is 1. The zero-order valence-corrected chi connectivity index (χ0v) is 12.9. The number of aromatic nitrogens is 2. The number of carbonyl (C=O) groups excluding carboxylic acids is 1. The number of nitrogens with one attached hydrogen (secondary N) is 1. The van der Waals surface area contributed by atoms with E-state index in [0.717, 1.165) is 10.2 Å². The highest BCUT2D eigenvalue weighted by atomic mass is 79.9. The first-order chi connectivity index (χ1) is 9.09. The number of hydrogen-bond acceptors (Lipinski definition) is 3. The fourth-order valence-electron chi connectivity index (χ4n) is 2.42. The summed E-state index contributed by atoms with van der Waals surface area (Å²) in [4.78, 5) is 12.0. The molecule has 1 aromatic heterocycles. The number of carbonyl (C=O) groups is 1. The molecule has 1 heterocycles. The summed E-state index contributed by atoms with van der Waals surface area (Å²) in [5, 5.41) is 8.26. The van der Waals surface area contributed by atoms with Gasteiger partial charge in [0.2, 0.25) is 0 Å². The molecule has 1 aliphatic carbocycles. The lowest BCUT2D eigenvalue weighted by Crippen LogP contribution is -2.22. The second kappa shape index (κ2) is 6.32. The van der Waals surface area contributed by atoms with Crippen LogP contribution in [0, 0.1) is 12.8 Å². The fourth-order valence-corrected chi connectivity index (χ4v) is 2.93. The van der Waals surface area contributed by atoms with Crippen molar-refractivity contribution in [1.82, 2.24) is 15.2 Å². The van der Waals surface area contributed by atoms with Crippen LogP contribution in [0.4, 0.5) is 0 Å². The first-order valence-electron chi connectivity index (χ1n) is 6.62. The largest absolute Gasteiger partial charge is 0.290 e. The van der Waals surface area contributed by atoms with Crippen LogP contribution in [0.15, 0.2) is 9.57 Å². The number of nitrogens with zero attached hydrogens (tertiary/aromatic N) is 3. The van der Waals surface area contributed by atoms with Gasteiger partial charge in [0, 0.05) is 13.3 Å². The second-order valence-electron chi connectivity index (χ2n) is 4.99. The first-order valence-corrected chi connectivity index (χ1v) is 7.41. The van der Waals surface area contributed by atoms with Crippen LogP contribution >= 0.6 is 15.9 Å². The van der Waals surface area contributed by atoms with Crippen molar-refractivity contribution in [2.24, 2.45) is 18.1 Å². The molecule has 6 heteroatoms. The monoisotopic (exact) mass is 326 g/mol. The maximum Gasteiger partial charge on any atom is 0.290 e. The molecule has 5 nitrogen and oxygen atoms in total. The van der Waals surface area contributed by atoms with Crippen LogP contribution in [0.25, 0.3) is 0 Å². The lowest BCUT2D eigenvalue weighted by atomic mass is 9.90. The molecule has 0 unspecified atom stereocenters. The van der Waals surface area contributed by atoms with Gasteiger partial charge in [-0.05, 0) is 41.6 Å². The van der Waals surface area contributed by atoms with E-state index >= 15 is 0 Å². The Morgan fingerprint density at radius 1 is 1.47 bits per heavy atom. The van der Waals surface area contributed by atoms with Crippen LogP contribution in [0.5, 0.6) is 0 Å². The lowest BCUT2D eigenvalue weighted by molar-refractivity contribution is 0.0944. The summed E-state index contributed by atoms with van der Waals surface area (Å²) in [6.07, 6.45) is 8.06. The van der Waals surface area contributed by atoms with Gasteiger partial charge in [0.1, 0.15) is 5.69 Å². The third-order valence-electron chi connectivity index (χ3n) is 3.47. The number of hydrazone groups is 1. The van der Waals surface area contributed by atoms with Crippen LogP contribution in [-0.4, -0.2) is 21.9 Å². The SMILES string of the molecule is Cc1nn(C)c(C(=O)NN=CC2CCCCC2)c1Br. The summed E-state index contributed by atoms with van der Waals surface area (Å²) in [6.45, 7) is 1.85. The van der Waals surface area contributed by atoms with Crippen molar-refractivity contribution >= 4 is 28.1 Å². The van der Waals surface area contributed by atoms with Crippen LogP contribution in [0.1, 0.15) is 48.3 Å². The molecule has 1 N–H and O–H groups in total. The third-order valence-corrected chi connectivity index (χ3v) is 4.41. The molecule has 0 atom stereocenters. The van der Waals surface area contributed by atoms with E-state index in [1.165, 1.54) is 32.1 Å². The Morgan fingerprint density at radius 2 is 2.16 bits per heavy atom. The van der Waals surface area contributed by atoms with Gasteiger partial charge in [-0.2, -0.15) is 10.2 Å². The van der Waals surface area contributed by atoms with E-state index in [1.807, 2.05) is 13.1 Å². The Bertz CT molecular complexity index is 489. The molecule has 0 radical (unpaired) electrons. The number of aryl methyl sites for hydroxylation is 2. The van der Waals surface area contributed by atoms with E-state index in [9.17, 15) is 4.79 Å². The van der Waals surface area contributed by atoms with Gasteiger partial charge < -0.3 is 0 Å². The molecule has 1 amide bonds. The maximum absolute atomic E-state index is 12.0. The highest BCUT2D eigenvalue weighted by Crippen LogP contribution is 2.22. The van der Waals surface area contributed by atoms with Gasteiger partial charge in [-0.15, -0.1) is 0 Å². The van der Waals surface area contributed by atoms with Gasteiger partial charge in [-0.1, -0.05) is 19.3 Å². The van der Waals surface area contributed by atoms with Gasteiger partial charge in [0.05, 0.1) is 10.2 Å². The van der Waals surface area contributed by atoms with Crippen molar-refractivity contribution in [3.05, 3.63) is 15.9 Å². The highest BCUT2D eigenvalue weighted by Gasteiger charge is 2.18. The van der Waals surface area contributed by atoms with Crippen molar-refractivity contribution in [3.8, 4) is 0 Å². The van der Waals surface area contributed by atoms with E-state index in [0.29, 0.717) is 11.6 Å². The molecular formula is C13H19BrN4O. The second-order valence-corrected chi connectivity index (χ2v) is 5.78. The molecule has 0 aromatic carbocycles. The summed E-state index contributed by atoms with van der Waals surface area (Å²) in [6, 6.07) is 0. The fraction of sp³-hybridized carbons (Fsp3) is 0.615. The number of rotatable bonds is 3. The summed E-state index contributed by atoms with van der Waals surface area (Å²) >= 11 is 3.37. The summed E-state index contributed by atoms with van der Waals surface area (Å²) in [5.74, 6) is 0.271. The molecule has 0 bridgehead atoms. The maximum atomic E-state index is 12.0. The summed E-state index contributed by atoms with van der Waals surface area (Å²) < 4.78 is 2.28. The molecule has 1 saturated carbocycles. The van der Waals surface area contributed by atoms with Crippen molar-refractivity contribution < 1.29 is 4.79 Å². The van der Waals surface area contributed by atoms with Crippen molar-refractivity contribution in [2.45, 2.75) is 39.0 Å². The normalized spacial score (nSPS) is 17.0. The topological polar surface area (TPSA) is 59.3 Å². The van der Waals surface area contributed by atoms with E-state index in [2.05, 4.69) is 31.6 Å². The highest BCUT2D eigenvalue weighted by molar-refractivity contribution is 9.10. The minimum atomic E-state index is -0.234. The minimum Gasteiger partial charge on any atom is -0.266 e. The smallest absolute Gasteiger partial charge is 0.266 e. The van der Waals surface area contributed by atoms with Crippen molar-refractivity contribution in [3.63, 3.8) is 0 Å². The minimum absolute atomic E-state index is 0.234. The Hall–Kier alpha value is -1.17. The standard InChI is InChI=1S/C13H19BrN4O/c1-9-11(14)12(18(2)17-9)13(19)16-15-8-10-6-4-3-5-7-10/h8,10H,3-7H2,1-2H3,(H,16,19). The predicted molar refractivity (Wildman–Crippen MR) is 78.2 cm³/mol. The predicted octanol–water partition coefficient (Wildman–Crippen LogP) is 2.79. The van der Waals surface area contributed by atoms with E-state index in [1.54, 1.807) is 11.7 Å². The Morgan fingerprint density at radius 3 is 2.74 bits per heavy atom. The zero-order valence-electron chi connectivity index (χ0n) is 11.3. The molecule has 2 rings (SSSR count). The quantitative estimate of drug-likeness (QED) is 0.685. The molecule has 1 fully saturated rings. The summed E-state index contributed by atoms with van der Waals surface area (Å²) in [5.41, 5.74) is 3.87. The van der Waals surface area contributed by atoms with Crippen LogP contribution in [0.2, 0.25) is 0 Å². The molecule has 0 aliphatic heterocycles. The van der Waals surface area contributed by atoms with Gasteiger partial charge in [0.25, 0.3) is 5.91 Å². The number of hydrogen-bond donors (Lipinski definition) is 1. The molecule has 0 saturated heterocycles. The van der Waals surface area contributed by atoms with Crippen LogP contribution in [0.3, 0.4) is 0 Å². The Balaban J connectivity index is 1.95. The van der Waals surface area contributed by atoms with E-state index in [4.69, 9.17) is 0 Å². The van der Waals surface area contributed by atoms with Crippen molar-refractivity contribution in [2.75, 3.05) is 0 Å². The van der Waals surface area contributed by atoms with Crippen LogP contribution in [-0.2, 0) is 7.05 Å². The van der Waals surface area contributed by atoms with Gasteiger partial charge in [0.15, 0.2) is 0 Å². The number of amides is 1. The summed E-state index contributed by atoms with van der Waals surface area (Å²) in [7, 11) is 1.75. The lowest BCUT2D eigenvalue weighted by Gasteiger charge is -2.16. The van der Waals surface area contributed by atoms with Crippen LogP contribution < -0.4 is 5.43 Å². The molecule has 104 valence electrons.